The van der Waals surface area contributed by atoms with Crippen LogP contribution in [-0.2, 0) is 19.9 Å². The van der Waals surface area contributed by atoms with Crippen molar-refractivity contribution in [2.75, 3.05) is 16.8 Å². The summed E-state index contributed by atoms with van der Waals surface area (Å²) in [7, 11) is 0. The molecule has 3 amide bonds. The molecule has 4 aliphatic rings. The first kappa shape index (κ1) is 21.2. The molecule has 4 aliphatic heterocycles. The standard InChI is InChI=1S/C24H21ClN4O5/c1-11-5-7-14-20(12(11)2)26-23(32)24(14)19-18(16-4-3-9-27(16)24)21(30)28(22(19)31)13-6-8-15(25)17(10-13)29(33)34/h5-8,10,16,18-19H,3-4,9H2,1-2H3,(H,26,32)/t16-,18-,19-,24-/m0/s1. The van der Waals surface area contributed by atoms with Gasteiger partial charge in [0.15, 0.2) is 0 Å². The highest BCUT2D eigenvalue weighted by Gasteiger charge is 2.74. The largest absolute Gasteiger partial charge is 0.324 e. The molecule has 0 aromatic heterocycles. The predicted octanol–water partition coefficient (Wildman–Crippen LogP) is 3.30. The number of hydrogen-bond donors (Lipinski definition) is 1. The summed E-state index contributed by atoms with van der Waals surface area (Å²) in [6, 6.07) is 7.46. The zero-order valence-electron chi connectivity index (χ0n) is 18.5. The third-order valence-corrected chi connectivity index (χ3v) is 8.40. The van der Waals surface area contributed by atoms with Crippen LogP contribution in [0, 0.1) is 35.8 Å². The van der Waals surface area contributed by atoms with Crippen molar-refractivity contribution in [2.24, 2.45) is 11.8 Å². The van der Waals surface area contributed by atoms with Crippen molar-refractivity contribution in [3.05, 3.63) is 62.2 Å². The Kier molecular flexibility index (Phi) is 4.29. The molecule has 3 saturated heterocycles. The summed E-state index contributed by atoms with van der Waals surface area (Å²) in [5.74, 6) is -2.85. The molecule has 3 fully saturated rings. The molecular weight excluding hydrogens is 460 g/mol. The first-order valence-corrected chi connectivity index (χ1v) is 11.6. The van der Waals surface area contributed by atoms with E-state index in [1.807, 2.05) is 26.0 Å². The maximum Gasteiger partial charge on any atom is 0.289 e. The van der Waals surface area contributed by atoms with Gasteiger partial charge in [-0.15, -0.1) is 0 Å². The van der Waals surface area contributed by atoms with Crippen LogP contribution in [0.1, 0.15) is 29.5 Å². The second-order valence-corrected chi connectivity index (χ2v) is 9.87. The summed E-state index contributed by atoms with van der Waals surface area (Å²) in [5, 5.41) is 14.3. The van der Waals surface area contributed by atoms with Gasteiger partial charge in [-0.1, -0.05) is 23.7 Å². The Morgan fingerprint density at radius 3 is 2.65 bits per heavy atom. The molecule has 10 heteroatoms. The van der Waals surface area contributed by atoms with Crippen LogP contribution in [-0.4, -0.2) is 40.1 Å². The van der Waals surface area contributed by atoms with Gasteiger partial charge in [0.05, 0.1) is 22.4 Å². The smallest absolute Gasteiger partial charge is 0.289 e. The predicted molar refractivity (Wildman–Crippen MR) is 124 cm³/mol. The lowest BCUT2D eigenvalue weighted by Gasteiger charge is -2.36. The van der Waals surface area contributed by atoms with Crippen molar-refractivity contribution in [1.29, 1.82) is 0 Å². The number of fused-ring (bicyclic) bond motifs is 7. The molecule has 1 N–H and O–H groups in total. The van der Waals surface area contributed by atoms with Crippen LogP contribution in [0.25, 0.3) is 0 Å². The molecule has 174 valence electrons. The minimum absolute atomic E-state index is 0.0820. The number of benzene rings is 2. The van der Waals surface area contributed by atoms with E-state index < -0.39 is 34.1 Å². The van der Waals surface area contributed by atoms with Crippen LogP contribution >= 0.6 is 11.6 Å². The fourth-order valence-electron chi connectivity index (χ4n) is 6.55. The average molecular weight is 481 g/mol. The maximum absolute atomic E-state index is 14.0. The Balaban J connectivity index is 1.54. The molecular formula is C24H21ClN4O5. The Labute approximate surface area is 199 Å². The van der Waals surface area contributed by atoms with E-state index in [-0.39, 0.29) is 28.3 Å². The highest BCUT2D eigenvalue weighted by Crippen LogP contribution is 2.61. The molecule has 4 heterocycles. The summed E-state index contributed by atoms with van der Waals surface area (Å²) in [6.07, 6.45) is 1.51. The summed E-state index contributed by atoms with van der Waals surface area (Å²) < 4.78 is 0. The van der Waals surface area contributed by atoms with Crippen molar-refractivity contribution in [3.63, 3.8) is 0 Å². The Hall–Kier alpha value is -3.30. The normalized spacial score (nSPS) is 29.6. The van der Waals surface area contributed by atoms with Gasteiger partial charge < -0.3 is 5.32 Å². The molecule has 1 spiro atoms. The number of amides is 3. The number of carbonyl (C=O) groups excluding carboxylic acids is 3. The minimum atomic E-state index is -1.28. The van der Waals surface area contributed by atoms with E-state index in [1.54, 1.807) is 0 Å². The molecule has 6 rings (SSSR count). The van der Waals surface area contributed by atoms with E-state index in [0.29, 0.717) is 18.7 Å². The quantitative estimate of drug-likeness (QED) is 0.401. The highest BCUT2D eigenvalue weighted by molar-refractivity contribution is 6.33. The Bertz CT molecular complexity index is 1340. The third-order valence-electron chi connectivity index (χ3n) is 8.08. The van der Waals surface area contributed by atoms with E-state index in [9.17, 15) is 24.5 Å². The molecule has 0 aliphatic carbocycles. The lowest BCUT2D eigenvalue weighted by Crippen LogP contribution is -2.54. The number of imide groups is 1. The monoisotopic (exact) mass is 480 g/mol. The number of hydrogen-bond acceptors (Lipinski definition) is 6. The van der Waals surface area contributed by atoms with Crippen LogP contribution in [0.5, 0.6) is 0 Å². The van der Waals surface area contributed by atoms with E-state index in [1.165, 1.54) is 12.1 Å². The summed E-state index contributed by atoms with van der Waals surface area (Å²) in [6.45, 7) is 4.51. The minimum Gasteiger partial charge on any atom is -0.324 e. The number of halogens is 1. The molecule has 0 saturated carbocycles. The van der Waals surface area contributed by atoms with Gasteiger partial charge in [0.2, 0.25) is 17.7 Å². The van der Waals surface area contributed by atoms with E-state index in [4.69, 9.17) is 11.6 Å². The number of carbonyl (C=O) groups is 3. The van der Waals surface area contributed by atoms with E-state index in [0.717, 1.165) is 34.1 Å². The van der Waals surface area contributed by atoms with Crippen molar-refractivity contribution in [3.8, 4) is 0 Å². The number of nitrogens with one attached hydrogen (secondary N) is 1. The molecule has 0 radical (unpaired) electrons. The first-order valence-electron chi connectivity index (χ1n) is 11.2. The van der Waals surface area contributed by atoms with Gasteiger partial charge in [-0.3, -0.25) is 29.4 Å². The number of nitro groups is 1. The van der Waals surface area contributed by atoms with Crippen molar-refractivity contribution < 1.29 is 19.3 Å². The van der Waals surface area contributed by atoms with Gasteiger partial charge in [-0.2, -0.15) is 0 Å². The second kappa shape index (κ2) is 6.86. The molecule has 0 bridgehead atoms. The number of rotatable bonds is 2. The topological polar surface area (TPSA) is 113 Å². The average Bonchev–Trinajstić information content (AvgIpc) is 3.50. The number of nitro benzene ring substituents is 1. The molecule has 2 aromatic rings. The van der Waals surface area contributed by atoms with Crippen LogP contribution in [0.3, 0.4) is 0 Å². The molecule has 0 unspecified atom stereocenters. The lowest BCUT2D eigenvalue weighted by atomic mass is 9.75. The van der Waals surface area contributed by atoms with Gasteiger partial charge in [-0.25, -0.2) is 4.90 Å². The highest BCUT2D eigenvalue weighted by atomic mass is 35.5. The molecule has 2 aromatic carbocycles. The zero-order chi connectivity index (χ0) is 24.1. The third kappa shape index (κ3) is 2.35. The van der Waals surface area contributed by atoms with E-state index >= 15 is 0 Å². The summed E-state index contributed by atoms with van der Waals surface area (Å²) >= 11 is 5.95. The Morgan fingerprint density at radius 1 is 1.15 bits per heavy atom. The van der Waals surface area contributed by atoms with Crippen LogP contribution < -0.4 is 10.2 Å². The first-order chi connectivity index (χ1) is 16.2. The van der Waals surface area contributed by atoms with Gasteiger partial charge in [-0.05, 0) is 56.5 Å². The fraction of sp³-hybridized carbons (Fsp3) is 0.375. The molecule has 9 nitrogen and oxygen atoms in total. The number of aryl methyl sites for hydroxylation is 1. The SMILES string of the molecule is Cc1ccc2c(c1C)NC(=O)[C@@]21[C@@H]2C(=O)N(c3ccc(Cl)c([N+](=O)[O-])c3)C(=O)[C@H]2[C@@H]2CCCN21. The summed E-state index contributed by atoms with van der Waals surface area (Å²) in [4.78, 5) is 55.3. The van der Waals surface area contributed by atoms with Crippen LogP contribution in [0.2, 0.25) is 5.02 Å². The van der Waals surface area contributed by atoms with Crippen LogP contribution in [0.15, 0.2) is 30.3 Å². The zero-order valence-corrected chi connectivity index (χ0v) is 19.3. The van der Waals surface area contributed by atoms with Gasteiger partial charge in [0.25, 0.3) is 5.69 Å². The van der Waals surface area contributed by atoms with E-state index in [2.05, 4.69) is 10.2 Å². The van der Waals surface area contributed by atoms with Crippen molar-refractivity contribution in [1.82, 2.24) is 4.90 Å². The van der Waals surface area contributed by atoms with Gasteiger partial charge in [0, 0.05) is 23.4 Å². The van der Waals surface area contributed by atoms with Crippen molar-refractivity contribution >= 4 is 46.4 Å². The Morgan fingerprint density at radius 2 is 1.91 bits per heavy atom. The summed E-state index contributed by atoms with van der Waals surface area (Å²) in [5.41, 5.74) is 1.82. The van der Waals surface area contributed by atoms with Crippen LogP contribution in [0.4, 0.5) is 17.1 Å². The van der Waals surface area contributed by atoms with Gasteiger partial charge >= 0.3 is 0 Å². The lowest BCUT2D eigenvalue weighted by molar-refractivity contribution is -0.384. The molecule has 34 heavy (non-hydrogen) atoms. The van der Waals surface area contributed by atoms with Gasteiger partial charge in [0.1, 0.15) is 10.6 Å². The van der Waals surface area contributed by atoms with Crippen molar-refractivity contribution in [2.45, 2.75) is 38.3 Å². The maximum atomic E-state index is 14.0. The number of anilines is 2. The molecule has 4 atom stereocenters. The number of nitrogens with zero attached hydrogens (tertiary/aromatic N) is 3. The fourth-order valence-corrected chi connectivity index (χ4v) is 6.74. The second-order valence-electron chi connectivity index (χ2n) is 9.46.